The molecule has 178 valence electrons. The first-order chi connectivity index (χ1) is 14.3. The van der Waals surface area contributed by atoms with Crippen LogP contribution in [0.25, 0.3) is 0 Å². The molecule has 0 radical (unpaired) electrons. The predicted octanol–water partition coefficient (Wildman–Crippen LogP) is -0.168. The molecule has 1 aliphatic rings. The highest BCUT2D eigenvalue weighted by molar-refractivity contribution is 5.94. The SMILES string of the molecule is CC(C)CC(N)C(=O)NC(CC(C)C)C(=O)N1CCCC1C(=O)NC(C(=O)O)C(C)O. The number of nitrogens with two attached hydrogens (primary N) is 1. The lowest BCUT2D eigenvalue weighted by Crippen LogP contribution is -2.58. The molecule has 10 nitrogen and oxygen atoms in total. The highest BCUT2D eigenvalue weighted by Crippen LogP contribution is 2.21. The van der Waals surface area contributed by atoms with Crippen LogP contribution in [0.1, 0.15) is 60.3 Å². The molecular formula is C21H38N4O6. The van der Waals surface area contributed by atoms with Crippen molar-refractivity contribution in [2.24, 2.45) is 17.6 Å². The van der Waals surface area contributed by atoms with Crippen LogP contribution in [0.15, 0.2) is 0 Å². The summed E-state index contributed by atoms with van der Waals surface area (Å²) in [5, 5.41) is 23.9. The van der Waals surface area contributed by atoms with Crippen molar-refractivity contribution in [3.63, 3.8) is 0 Å². The lowest BCUT2D eigenvalue weighted by molar-refractivity contribution is -0.147. The zero-order valence-corrected chi connectivity index (χ0v) is 19.1. The van der Waals surface area contributed by atoms with Crippen molar-refractivity contribution in [3.8, 4) is 0 Å². The molecular weight excluding hydrogens is 404 g/mol. The lowest BCUT2D eigenvalue weighted by atomic mass is 10.00. The summed E-state index contributed by atoms with van der Waals surface area (Å²) in [5.74, 6) is -2.46. The first kappa shape index (κ1) is 26.8. The number of carbonyl (C=O) groups is 4. The van der Waals surface area contributed by atoms with Gasteiger partial charge >= 0.3 is 5.97 Å². The summed E-state index contributed by atoms with van der Waals surface area (Å²) in [5.41, 5.74) is 5.96. The van der Waals surface area contributed by atoms with Gasteiger partial charge in [-0.2, -0.15) is 0 Å². The Hall–Kier alpha value is -2.20. The molecule has 5 atom stereocenters. The number of carboxylic acid groups (broad SMARTS) is 1. The zero-order chi connectivity index (χ0) is 23.9. The number of rotatable bonds is 11. The Kier molecular flexibility index (Phi) is 10.4. The molecule has 1 heterocycles. The van der Waals surface area contributed by atoms with Crippen LogP contribution in [0.4, 0.5) is 0 Å². The molecule has 6 N–H and O–H groups in total. The number of carboxylic acids is 1. The molecule has 10 heteroatoms. The van der Waals surface area contributed by atoms with Gasteiger partial charge in [-0.3, -0.25) is 14.4 Å². The van der Waals surface area contributed by atoms with E-state index < -0.39 is 48.1 Å². The van der Waals surface area contributed by atoms with Gasteiger partial charge in [0.25, 0.3) is 0 Å². The summed E-state index contributed by atoms with van der Waals surface area (Å²) in [4.78, 5) is 51.1. The van der Waals surface area contributed by atoms with Gasteiger partial charge in [-0.25, -0.2) is 4.79 Å². The molecule has 5 unspecified atom stereocenters. The molecule has 3 amide bonds. The molecule has 0 aliphatic carbocycles. The van der Waals surface area contributed by atoms with E-state index in [1.54, 1.807) is 0 Å². The number of aliphatic hydroxyl groups is 1. The Morgan fingerprint density at radius 3 is 2.10 bits per heavy atom. The standard InChI is InChI=1S/C21H38N4O6/c1-11(2)9-14(22)18(27)23-15(10-12(3)4)20(29)25-8-6-7-16(25)19(28)24-17(13(5)26)21(30)31/h11-17,26H,6-10,22H2,1-5H3,(H,23,27)(H,24,28)(H,30,31). The number of hydrogen-bond donors (Lipinski definition) is 5. The maximum Gasteiger partial charge on any atom is 0.328 e. The van der Waals surface area contributed by atoms with Crippen LogP contribution < -0.4 is 16.4 Å². The van der Waals surface area contributed by atoms with E-state index in [1.165, 1.54) is 11.8 Å². The largest absolute Gasteiger partial charge is 0.480 e. The van der Waals surface area contributed by atoms with E-state index in [0.29, 0.717) is 32.2 Å². The van der Waals surface area contributed by atoms with E-state index in [1.807, 2.05) is 27.7 Å². The second-order valence-corrected chi connectivity index (χ2v) is 9.18. The number of nitrogens with one attached hydrogen (secondary N) is 2. The van der Waals surface area contributed by atoms with Gasteiger partial charge in [-0.1, -0.05) is 27.7 Å². The number of carbonyl (C=O) groups excluding carboxylic acids is 3. The van der Waals surface area contributed by atoms with Crippen molar-refractivity contribution in [1.82, 2.24) is 15.5 Å². The maximum absolute atomic E-state index is 13.3. The lowest BCUT2D eigenvalue weighted by Gasteiger charge is -2.31. The van der Waals surface area contributed by atoms with Gasteiger partial charge in [0, 0.05) is 6.54 Å². The van der Waals surface area contributed by atoms with Crippen LogP contribution in [0.5, 0.6) is 0 Å². The number of nitrogens with zero attached hydrogens (tertiary/aromatic N) is 1. The minimum atomic E-state index is -1.47. The third-order valence-electron chi connectivity index (χ3n) is 5.27. The average molecular weight is 443 g/mol. The third kappa shape index (κ3) is 8.10. The minimum absolute atomic E-state index is 0.108. The van der Waals surface area contributed by atoms with Gasteiger partial charge in [-0.05, 0) is 44.4 Å². The monoisotopic (exact) mass is 442 g/mol. The first-order valence-electron chi connectivity index (χ1n) is 10.9. The molecule has 0 bridgehead atoms. The molecule has 0 spiro atoms. The fourth-order valence-electron chi connectivity index (χ4n) is 3.73. The summed E-state index contributed by atoms with van der Waals surface area (Å²) in [6.07, 6.45) is 0.529. The van der Waals surface area contributed by atoms with E-state index in [0.717, 1.165) is 0 Å². The van der Waals surface area contributed by atoms with Crippen LogP contribution in [-0.4, -0.2) is 75.6 Å². The average Bonchev–Trinajstić information content (AvgIpc) is 3.13. The summed E-state index contributed by atoms with van der Waals surface area (Å²) in [6, 6.07) is -3.89. The normalized spacial score (nSPS) is 20.3. The summed E-state index contributed by atoms with van der Waals surface area (Å²) < 4.78 is 0. The van der Waals surface area contributed by atoms with Crippen molar-refractivity contribution < 1.29 is 29.4 Å². The molecule has 1 fully saturated rings. The molecule has 0 aromatic rings. The van der Waals surface area contributed by atoms with Crippen molar-refractivity contribution in [1.29, 1.82) is 0 Å². The summed E-state index contributed by atoms with van der Waals surface area (Å²) >= 11 is 0. The van der Waals surface area contributed by atoms with Crippen LogP contribution in [0, 0.1) is 11.8 Å². The van der Waals surface area contributed by atoms with E-state index in [4.69, 9.17) is 5.73 Å². The minimum Gasteiger partial charge on any atom is -0.480 e. The van der Waals surface area contributed by atoms with E-state index in [2.05, 4.69) is 10.6 Å². The number of aliphatic hydroxyl groups excluding tert-OH is 1. The Bertz CT molecular complexity index is 652. The Morgan fingerprint density at radius 2 is 1.61 bits per heavy atom. The predicted molar refractivity (Wildman–Crippen MR) is 115 cm³/mol. The van der Waals surface area contributed by atoms with Crippen molar-refractivity contribution in [2.75, 3.05) is 6.54 Å². The van der Waals surface area contributed by atoms with Gasteiger partial charge in [-0.15, -0.1) is 0 Å². The smallest absolute Gasteiger partial charge is 0.328 e. The summed E-state index contributed by atoms with van der Waals surface area (Å²) in [6.45, 7) is 9.35. The van der Waals surface area contributed by atoms with Gasteiger partial charge < -0.3 is 31.5 Å². The zero-order valence-electron chi connectivity index (χ0n) is 19.1. The number of aliphatic carboxylic acids is 1. The molecule has 0 saturated carbocycles. The molecule has 1 rings (SSSR count). The van der Waals surface area contributed by atoms with Crippen molar-refractivity contribution in [2.45, 2.75) is 90.6 Å². The number of hydrogen-bond acceptors (Lipinski definition) is 6. The molecule has 31 heavy (non-hydrogen) atoms. The topological polar surface area (TPSA) is 162 Å². The Labute approximate surface area is 183 Å². The molecule has 1 aliphatic heterocycles. The van der Waals surface area contributed by atoms with Gasteiger partial charge in [0.2, 0.25) is 17.7 Å². The van der Waals surface area contributed by atoms with Crippen LogP contribution in [-0.2, 0) is 19.2 Å². The Morgan fingerprint density at radius 1 is 1.03 bits per heavy atom. The Balaban J connectivity index is 2.95. The van der Waals surface area contributed by atoms with Crippen LogP contribution in [0.3, 0.4) is 0 Å². The first-order valence-corrected chi connectivity index (χ1v) is 10.9. The van der Waals surface area contributed by atoms with E-state index >= 15 is 0 Å². The van der Waals surface area contributed by atoms with E-state index in [9.17, 15) is 29.4 Å². The third-order valence-corrected chi connectivity index (χ3v) is 5.27. The fourth-order valence-corrected chi connectivity index (χ4v) is 3.73. The number of amides is 3. The summed E-state index contributed by atoms with van der Waals surface area (Å²) in [7, 11) is 0. The molecule has 1 saturated heterocycles. The molecule has 0 aromatic heterocycles. The second kappa shape index (κ2) is 12.0. The molecule has 0 aromatic carbocycles. The second-order valence-electron chi connectivity index (χ2n) is 9.18. The van der Waals surface area contributed by atoms with Gasteiger partial charge in [0.15, 0.2) is 6.04 Å². The highest BCUT2D eigenvalue weighted by atomic mass is 16.4. The van der Waals surface area contributed by atoms with Crippen molar-refractivity contribution >= 4 is 23.7 Å². The van der Waals surface area contributed by atoms with Gasteiger partial charge in [0.1, 0.15) is 12.1 Å². The number of likely N-dealkylation sites (tertiary alicyclic amines) is 1. The van der Waals surface area contributed by atoms with Gasteiger partial charge in [0.05, 0.1) is 12.1 Å². The maximum atomic E-state index is 13.3. The van der Waals surface area contributed by atoms with Crippen molar-refractivity contribution in [3.05, 3.63) is 0 Å². The highest BCUT2D eigenvalue weighted by Gasteiger charge is 2.39. The quantitative estimate of drug-likeness (QED) is 0.297. The van der Waals surface area contributed by atoms with E-state index in [-0.39, 0.29) is 17.7 Å². The van der Waals surface area contributed by atoms with Crippen LogP contribution >= 0.6 is 0 Å². The fraction of sp³-hybridized carbons (Fsp3) is 0.810. The van der Waals surface area contributed by atoms with Crippen LogP contribution in [0.2, 0.25) is 0 Å².